The Morgan fingerprint density at radius 3 is 1.68 bits per heavy atom. The summed E-state index contributed by atoms with van der Waals surface area (Å²) in [6.45, 7) is 0. The Morgan fingerprint density at radius 2 is 0.929 bits per heavy atom. The summed E-state index contributed by atoms with van der Waals surface area (Å²) in [4.78, 5) is 15.0. The Hall–Kier alpha value is -7.21. The van der Waals surface area contributed by atoms with Gasteiger partial charge in [0.05, 0.1) is 5.56 Å². The monoisotopic (exact) mass is 733 g/mol. The average Bonchev–Trinajstić information content (AvgIpc) is 3.86. The second-order valence-corrected chi connectivity index (χ2v) is 15.0. The van der Waals surface area contributed by atoms with E-state index >= 15 is 0 Å². The highest BCUT2D eigenvalue weighted by Gasteiger charge is 2.21. The van der Waals surface area contributed by atoms with Gasteiger partial charge < -0.3 is 4.42 Å². The Labute approximate surface area is 327 Å². The van der Waals surface area contributed by atoms with Gasteiger partial charge in [0, 0.05) is 47.6 Å². The van der Waals surface area contributed by atoms with E-state index in [1.54, 1.807) is 0 Å². The molecule has 0 spiro atoms. The topological polar surface area (TPSA) is 51.8 Å². The highest BCUT2D eigenvalue weighted by Crippen LogP contribution is 2.46. The molecule has 0 aliphatic carbocycles. The van der Waals surface area contributed by atoms with Crippen LogP contribution in [0.4, 0.5) is 0 Å². The van der Waals surface area contributed by atoms with E-state index in [4.69, 9.17) is 19.4 Å². The maximum atomic E-state index is 6.82. The lowest BCUT2D eigenvalue weighted by atomic mass is 9.92. The highest BCUT2D eigenvalue weighted by atomic mass is 32.1. The summed E-state index contributed by atoms with van der Waals surface area (Å²) in [5.74, 6) is 1.79. The molecule has 8 aromatic carbocycles. The van der Waals surface area contributed by atoms with Crippen LogP contribution in [-0.4, -0.2) is 15.0 Å². The number of nitrogens with zero attached hydrogens (tertiary/aromatic N) is 3. The second-order valence-electron chi connectivity index (χ2n) is 13.9. The third-order valence-corrected chi connectivity index (χ3v) is 11.8. The minimum absolute atomic E-state index is 0.565. The van der Waals surface area contributed by atoms with Gasteiger partial charge in [0.1, 0.15) is 11.2 Å². The fourth-order valence-electron chi connectivity index (χ4n) is 7.89. The fourth-order valence-corrected chi connectivity index (χ4v) is 9.11. The number of thiophene rings is 1. The van der Waals surface area contributed by atoms with Crippen molar-refractivity contribution in [3.8, 4) is 67.5 Å². The number of para-hydroxylation sites is 1. The van der Waals surface area contributed by atoms with Gasteiger partial charge in [-0.05, 0) is 64.2 Å². The maximum Gasteiger partial charge on any atom is 0.167 e. The number of fused-ring (bicyclic) bond motifs is 6. The van der Waals surface area contributed by atoms with Gasteiger partial charge in [-0.3, -0.25) is 0 Å². The highest BCUT2D eigenvalue weighted by molar-refractivity contribution is 7.26. The van der Waals surface area contributed by atoms with Crippen LogP contribution in [0.2, 0.25) is 0 Å². The van der Waals surface area contributed by atoms with Crippen molar-refractivity contribution in [1.82, 2.24) is 15.0 Å². The van der Waals surface area contributed by atoms with Crippen molar-refractivity contribution in [3.63, 3.8) is 0 Å². The molecule has 0 aliphatic heterocycles. The summed E-state index contributed by atoms with van der Waals surface area (Å²) in [5, 5.41) is 4.59. The van der Waals surface area contributed by atoms with Crippen LogP contribution >= 0.6 is 11.3 Å². The molecule has 0 aliphatic rings. The van der Waals surface area contributed by atoms with Crippen LogP contribution < -0.4 is 0 Å². The van der Waals surface area contributed by atoms with Crippen LogP contribution in [0.15, 0.2) is 192 Å². The number of hydrogen-bond donors (Lipinski definition) is 0. The molecular weight excluding hydrogens is 703 g/mol. The first-order valence-electron chi connectivity index (χ1n) is 18.7. The lowest BCUT2D eigenvalue weighted by Crippen LogP contribution is -2.00. The first-order chi connectivity index (χ1) is 27.7. The van der Waals surface area contributed by atoms with E-state index in [9.17, 15) is 0 Å². The Bertz CT molecular complexity index is 3180. The average molecular weight is 734 g/mol. The molecule has 0 bridgehead atoms. The van der Waals surface area contributed by atoms with Crippen molar-refractivity contribution in [1.29, 1.82) is 0 Å². The van der Waals surface area contributed by atoms with E-state index in [1.807, 2.05) is 78.1 Å². The van der Waals surface area contributed by atoms with Gasteiger partial charge in [-0.25, -0.2) is 15.0 Å². The van der Waals surface area contributed by atoms with Crippen molar-refractivity contribution >= 4 is 53.4 Å². The van der Waals surface area contributed by atoms with Gasteiger partial charge >= 0.3 is 0 Å². The Morgan fingerprint density at radius 1 is 0.357 bits per heavy atom. The minimum atomic E-state index is 0.565. The third-order valence-electron chi connectivity index (χ3n) is 10.5. The third kappa shape index (κ3) is 5.48. The normalized spacial score (nSPS) is 11.6. The van der Waals surface area contributed by atoms with Crippen LogP contribution in [-0.2, 0) is 0 Å². The van der Waals surface area contributed by atoms with Crippen LogP contribution in [0.1, 0.15) is 0 Å². The molecule has 11 aromatic rings. The van der Waals surface area contributed by atoms with E-state index in [0.29, 0.717) is 17.5 Å². The zero-order valence-corrected chi connectivity index (χ0v) is 30.9. The van der Waals surface area contributed by atoms with E-state index < -0.39 is 0 Å². The van der Waals surface area contributed by atoms with E-state index in [1.165, 1.54) is 42.4 Å². The molecule has 262 valence electrons. The molecule has 0 fully saturated rings. The van der Waals surface area contributed by atoms with Crippen molar-refractivity contribution in [2.24, 2.45) is 0 Å². The first kappa shape index (κ1) is 32.2. The summed E-state index contributed by atoms with van der Waals surface area (Å²) in [6, 6.07) is 65.7. The Kier molecular flexibility index (Phi) is 7.64. The van der Waals surface area contributed by atoms with Crippen molar-refractivity contribution < 1.29 is 4.42 Å². The molecule has 0 radical (unpaired) electrons. The molecule has 0 atom stereocenters. The second kappa shape index (κ2) is 13.3. The SMILES string of the molecule is c1ccc(-c2cccc(-c3cc(-c4cccc5oc6c(-c7nc(-c8ccccc8)nc(-c8ccccc8)n7)cccc6c45)cc4c3sc3ccccc34)c2)cc1. The summed E-state index contributed by atoms with van der Waals surface area (Å²) < 4.78 is 9.37. The molecule has 0 amide bonds. The van der Waals surface area contributed by atoms with Crippen LogP contribution in [0.5, 0.6) is 0 Å². The molecule has 0 N–H and O–H groups in total. The molecule has 0 unspecified atom stereocenters. The maximum absolute atomic E-state index is 6.82. The van der Waals surface area contributed by atoms with Crippen molar-refractivity contribution in [3.05, 3.63) is 188 Å². The molecule has 0 saturated heterocycles. The van der Waals surface area contributed by atoms with Gasteiger partial charge in [0.2, 0.25) is 0 Å². The Balaban J connectivity index is 1.13. The number of furan rings is 1. The summed E-state index contributed by atoms with van der Waals surface area (Å²) in [7, 11) is 0. The zero-order valence-electron chi connectivity index (χ0n) is 30.1. The zero-order chi connectivity index (χ0) is 37.0. The molecule has 11 rings (SSSR count). The molecule has 3 aromatic heterocycles. The first-order valence-corrected chi connectivity index (χ1v) is 19.5. The van der Waals surface area contributed by atoms with Crippen molar-refractivity contribution in [2.45, 2.75) is 0 Å². The number of rotatable bonds is 6. The van der Waals surface area contributed by atoms with Gasteiger partial charge in [0.15, 0.2) is 17.5 Å². The standard InChI is InChI=1S/C51H31N3OS/c1-4-15-32(16-5-1)35-21-12-22-36(29-35)42-30-37(31-43-39-23-10-11-28-45(39)56-48(42)43)38-24-14-27-44-46(38)40-25-13-26-41(47(40)55-44)51-53-49(33-17-6-2-7-18-33)52-50(54-51)34-19-8-3-9-20-34/h1-31H. The van der Waals surface area contributed by atoms with Crippen LogP contribution in [0, 0.1) is 0 Å². The lowest BCUT2D eigenvalue weighted by molar-refractivity contribution is 0.669. The van der Waals surface area contributed by atoms with Crippen molar-refractivity contribution in [2.75, 3.05) is 0 Å². The summed E-state index contributed by atoms with van der Waals surface area (Å²) in [6.07, 6.45) is 0. The summed E-state index contributed by atoms with van der Waals surface area (Å²) >= 11 is 1.86. The smallest absolute Gasteiger partial charge is 0.167 e. The largest absolute Gasteiger partial charge is 0.455 e. The fraction of sp³-hybridized carbons (Fsp3) is 0. The van der Waals surface area contributed by atoms with Crippen LogP contribution in [0.25, 0.3) is 110 Å². The quantitative estimate of drug-likeness (QED) is 0.171. The van der Waals surface area contributed by atoms with Gasteiger partial charge in [-0.2, -0.15) is 0 Å². The lowest BCUT2D eigenvalue weighted by Gasteiger charge is -2.12. The predicted octanol–water partition coefficient (Wildman–Crippen LogP) is 14.1. The molecule has 0 saturated carbocycles. The van der Waals surface area contributed by atoms with Gasteiger partial charge in [-0.15, -0.1) is 11.3 Å². The molecule has 5 heteroatoms. The molecule has 56 heavy (non-hydrogen) atoms. The molecule has 3 heterocycles. The van der Waals surface area contributed by atoms with Gasteiger partial charge in [0.25, 0.3) is 0 Å². The number of benzene rings is 8. The van der Waals surface area contributed by atoms with Crippen LogP contribution in [0.3, 0.4) is 0 Å². The molecule has 4 nitrogen and oxygen atoms in total. The van der Waals surface area contributed by atoms with E-state index in [0.717, 1.165) is 49.8 Å². The van der Waals surface area contributed by atoms with E-state index in [-0.39, 0.29) is 0 Å². The van der Waals surface area contributed by atoms with E-state index in [2.05, 4.69) is 121 Å². The summed E-state index contributed by atoms with van der Waals surface area (Å²) in [5.41, 5.74) is 11.3. The number of aromatic nitrogens is 3. The minimum Gasteiger partial charge on any atom is -0.455 e. The molecular formula is C51H31N3OS. The predicted molar refractivity (Wildman–Crippen MR) is 233 cm³/mol. The number of hydrogen-bond acceptors (Lipinski definition) is 5. The van der Waals surface area contributed by atoms with Gasteiger partial charge in [-0.1, -0.05) is 152 Å².